The number of benzene rings is 2. The molecule has 3 atom stereocenters. The van der Waals surface area contributed by atoms with Gasteiger partial charge in [0, 0.05) is 33.1 Å². The number of rotatable bonds is 8. The maximum atomic E-state index is 13.1. The van der Waals surface area contributed by atoms with E-state index in [9.17, 15) is 4.79 Å². The molecule has 142 valence electrons. The smallest absolute Gasteiger partial charge is 0.167 e. The van der Waals surface area contributed by atoms with Crippen LogP contribution in [0, 0.1) is 18.8 Å². The maximum Gasteiger partial charge on any atom is 0.167 e. The molecule has 0 saturated heterocycles. The van der Waals surface area contributed by atoms with Crippen LogP contribution in [0.1, 0.15) is 35.7 Å². The predicted molar refractivity (Wildman–Crippen MR) is 120 cm³/mol. The Bertz CT molecular complexity index is 752. The lowest BCUT2D eigenvalue weighted by atomic mass is 9.98. The topological polar surface area (TPSA) is 17.1 Å². The van der Waals surface area contributed by atoms with Crippen LogP contribution >= 0.6 is 23.5 Å². The van der Waals surface area contributed by atoms with Gasteiger partial charge in [-0.1, -0.05) is 67.1 Å². The Hall–Kier alpha value is -1.45. The fraction of sp³-hybridized carbons (Fsp3) is 0.375. The molecule has 0 amide bonds. The van der Waals surface area contributed by atoms with Gasteiger partial charge in [-0.05, 0) is 37.8 Å². The third-order valence-electron chi connectivity index (χ3n) is 4.97. The Morgan fingerprint density at radius 2 is 1.74 bits per heavy atom. The van der Waals surface area contributed by atoms with Crippen molar-refractivity contribution in [3.05, 3.63) is 77.9 Å². The van der Waals surface area contributed by atoms with Gasteiger partial charge in [-0.25, -0.2) is 0 Å². The summed E-state index contributed by atoms with van der Waals surface area (Å²) in [5, 5.41) is 0.552. The molecule has 3 heteroatoms. The average molecular weight is 397 g/mol. The second-order valence-corrected chi connectivity index (χ2v) is 9.73. The van der Waals surface area contributed by atoms with Crippen molar-refractivity contribution in [2.24, 2.45) is 11.8 Å². The van der Waals surface area contributed by atoms with Gasteiger partial charge in [0.2, 0.25) is 0 Å². The van der Waals surface area contributed by atoms with Gasteiger partial charge in [0.25, 0.3) is 0 Å². The monoisotopic (exact) mass is 396 g/mol. The zero-order valence-corrected chi connectivity index (χ0v) is 17.8. The summed E-state index contributed by atoms with van der Waals surface area (Å²) in [6.07, 6.45) is 7.15. The van der Waals surface area contributed by atoms with Crippen LogP contribution in [0.3, 0.4) is 0 Å². The Morgan fingerprint density at radius 3 is 2.41 bits per heavy atom. The number of Topliss-reactive ketones (excluding diaryl/α,β-unsaturated/α-hetero) is 1. The van der Waals surface area contributed by atoms with Crippen molar-refractivity contribution in [1.29, 1.82) is 0 Å². The molecule has 1 aliphatic rings. The molecule has 0 heterocycles. The molecule has 0 bridgehead atoms. The third kappa shape index (κ3) is 6.29. The van der Waals surface area contributed by atoms with E-state index in [-0.39, 0.29) is 11.7 Å². The van der Waals surface area contributed by atoms with Crippen LogP contribution in [-0.2, 0) is 0 Å². The molecule has 3 unspecified atom stereocenters. The zero-order chi connectivity index (χ0) is 19.1. The highest BCUT2D eigenvalue weighted by molar-refractivity contribution is 8.00. The van der Waals surface area contributed by atoms with E-state index in [0.717, 1.165) is 17.1 Å². The standard InChI is InChI=1S/C24H28OS2/c1-18-8-12-22(13-9-18)26-16-21(24(25)20-6-4-3-5-7-20)17-27-23-14-10-19(2)11-15-23/h3-10,12-14,19,21,23H,11,15-17H2,1-2H3. The Labute approximate surface area is 172 Å². The van der Waals surface area contributed by atoms with E-state index in [1.165, 1.54) is 23.3 Å². The molecule has 0 spiro atoms. The molecule has 2 aromatic carbocycles. The minimum Gasteiger partial charge on any atom is -0.294 e. The van der Waals surface area contributed by atoms with Gasteiger partial charge in [0.1, 0.15) is 0 Å². The van der Waals surface area contributed by atoms with Crippen molar-refractivity contribution in [1.82, 2.24) is 0 Å². The number of hydrogen-bond acceptors (Lipinski definition) is 3. The molecule has 1 aliphatic carbocycles. The minimum atomic E-state index is 0.0384. The van der Waals surface area contributed by atoms with E-state index >= 15 is 0 Å². The predicted octanol–water partition coefficient (Wildman–Crippen LogP) is 6.67. The van der Waals surface area contributed by atoms with Crippen LogP contribution in [0.15, 0.2) is 71.6 Å². The third-order valence-corrected chi connectivity index (χ3v) is 7.56. The molecule has 0 saturated carbocycles. The normalized spacial score (nSPS) is 20.4. The average Bonchev–Trinajstić information content (AvgIpc) is 2.71. The lowest BCUT2D eigenvalue weighted by Gasteiger charge is -2.22. The van der Waals surface area contributed by atoms with E-state index in [1.54, 1.807) is 11.8 Å². The van der Waals surface area contributed by atoms with Gasteiger partial charge >= 0.3 is 0 Å². The van der Waals surface area contributed by atoms with Gasteiger partial charge in [-0.3, -0.25) is 4.79 Å². The summed E-state index contributed by atoms with van der Waals surface area (Å²) in [6, 6.07) is 18.3. The van der Waals surface area contributed by atoms with Gasteiger partial charge in [0.05, 0.1) is 0 Å². The first-order chi connectivity index (χ1) is 13.1. The van der Waals surface area contributed by atoms with E-state index in [0.29, 0.717) is 11.2 Å². The van der Waals surface area contributed by atoms with E-state index in [1.807, 2.05) is 42.1 Å². The summed E-state index contributed by atoms with van der Waals surface area (Å²) in [5.41, 5.74) is 2.10. The molecule has 2 aromatic rings. The number of thioether (sulfide) groups is 2. The lowest BCUT2D eigenvalue weighted by molar-refractivity contribution is 0.0944. The van der Waals surface area contributed by atoms with Crippen molar-refractivity contribution in [3.63, 3.8) is 0 Å². The number of aryl methyl sites for hydroxylation is 1. The van der Waals surface area contributed by atoms with Crippen molar-refractivity contribution in [2.75, 3.05) is 11.5 Å². The van der Waals surface area contributed by atoms with E-state index in [4.69, 9.17) is 0 Å². The summed E-state index contributed by atoms with van der Waals surface area (Å²) in [7, 11) is 0. The van der Waals surface area contributed by atoms with Gasteiger partial charge in [-0.2, -0.15) is 11.8 Å². The Morgan fingerprint density at radius 1 is 1.00 bits per heavy atom. The first kappa shape index (κ1) is 20.3. The molecular weight excluding hydrogens is 368 g/mol. The molecule has 3 rings (SSSR count). The summed E-state index contributed by atoms with van der Waals surface area (Å²) in [5.74, 6) is 2.72. The number of carbonyl (C=O) groups excluding carboxylic acids is 1. The quantitative estimate of drug-likeness (QED) is 0.282. The number of ketones is 1. The van der Waals surface area contributed by atoms with Gasteiger partial charge in [0.15, 0.2) is 5.78 Å². The minimum absolute atomic E-state index is 0.0384. The number of allylic oxidation sites excluding steroid dienone is 1. The molecular formula is C24H28OS2. The first-order valence-corrected chi connectivity index (χ1v) is 11.7. The highest BCUT2D eigenvalue weighted by atomic mass is 32.2. The van der Waals surface area contributed by atoms with Crippen molar-refractivity contribution < 1.29 is 4.79 Å². The van der Waals surface area contributed by atoms with Crippen LogP contribution in [0.2, 0.25) is 0 Å². The van der Waals surface area contributed by atoms with Crippen molar-refractivity contribution in [3.8, 4) is 0 Å². The van der Waals surface area contributed by atoms with Gasteiger partial charge in [-0.15, -0.1) is 11.8 Å². The van der Waals surface area contributed by atoms with E-state index < -0.39 is 0 Å². The highest BCUT2D eigenvalue weighted by Gasteiger charge is 2.23. The molecule has 0 aromatic heterocycles. The van der Waals surface area contributed by atoms with Gasteiger partial charge < -0.3 is 0 Å². The molecule has 0 fully saturated rings. The SMILES string of the molecule is Cc1ccc(SCC(CSC2C=CC(C)CC2)C(=O)c2ccccc2)cc1. The summed E-state index contributed by atoms with van der Waals surface area (Å²) >= 11 is 3.74. The summed E-state index contributed by atoms with van der Waals surface area (Å²) in [4.78, 5) is 14.3. The highest BCUT2D eigenvalue weighted by Crippen LogP contribution is 2.30. The van der Waals surface area contributed by atoms with Crippen LogP contribution in [0.25, 0.3) is 0 Å². The molecule has 1 nitrogen and oxygen atoms in total. The number of hydrogen-bond donors (Lipinski definition) is 0. The van der Waals surface area contributed by atoms with Crippen LogP contribution in [0.5, 0.6) is 0 Å². The van der Waals surface area contributed by atoms with E-state index in [2.05, 4.69) is 50.3 Å². The largest absolute Gasteiger partial charge is 0.294 e. The number of carbonyl (C=O) groups is 1. The van der Waals surface area contributed by atoms with Crippen molar-refractivity contribution >= 4 is 29.3 Å². The molecule has 0 radical (unpaired) electrons. The lowest BCUT2D eigenvalue weighted by Crippen LogP contribution is -2.22. The summed E-state index contributed by atoms with van der Waals surface area (Å²) in [6.45, 7) is 4.38. The summed E-state index contributed by atoms with van der Waals surface area (Å²) < 4.78 is 0. The second kappa shape index (κ2) is 10.2. The molecule has 0 aliphatic heterocycles. The van der Waals surface area contributed by atoms with Crippen LogP contribution in [-0.4, -0.2) is 22.5 Å². The Balaban J connectivity index is 1.65. The molecule has 0 N–H and O–H groups in total. The molecule has 27 heavy (non-hydrogen) atoms. The van der Waals surface area contributed by atoms with Crippen LogP contribution in [0.4, 0.5) is 0 Å². The fourth-order valence-electron chi connectivity index (χ4n) is 3.18. The Kier molecular flexibility index (Phi) is 7.66. The first-order valence-electron chi connectivity index (χ1n) is 9.70. The second-order valence-electron chi connectivity index (χ2n) is 7.36. The fourth-order valence-corrected chi connectivity index (χ4v) is 5.57. The van der Waals surface area contributed by atoms with Crippen molar-refractivity contribution in [2.45, 2.75) is 36.8 Å². The maximum absolute atomic E-state index is 13.1. The van der Waals surface area contributed by atoms with Crippen LogP contribution < -0.4 is 0 Å². The zero-order valence-electron chi connectivity index (χ0n) is 16.1.